The third-order valence-corrected chi connectivity index (χ3v) is 5.12. The van der Waals surface area contributed by atoms with Gasteiger partial charge in [-0.1, -0.05) is 30.8 Å². The maximum atomic E-state index is 13.0. The Kier molecular flexibility index (Phi) is 6.10. The van der Waals surface area contributed by atoms with Crippen LogP contribution in [0, 0.1) is 11.7 Å². The van der Waals surface area contributed by atoms with Crippen LogP contribution in [0.15, 0.2) is 61.3 Å². The van der Waals surface area contributed by atoms with Crippen molar-refractivity contribution >= 4 is 5.69 Å². The van der Waals surface area contributed by atoms with Crippen molar-refractivity contribution in [2.45, 2.75) is 32.2 Å². The molecule has 2 nitrogen and oxygen atoms in total. The number of halogens is 1. The number of nitrogens with one attached hydrogen (secondary N) is 1. The molecular formula is C22H27FN2. The van der Waals surface area contributed by atoms with Crippen LogP contribution in [0.3, 0.4) is 0 Å². The van der Waals surface area contributed by atoms with Crippen LogP contribution in [-0.4, -0.2) is 13.1 Å². The van der Waals surface area contributed by atoms with Crippen LogP contribution in [0.25, 0.3) is 0 Å². The van der Waals surface area contributed by atoms with Gasteiger partial charge in [0.05, 0.1) is 0 Å². The first kappa shape index (κ1) is 17.5. The highest BCUT2D eigenvalue weighted by molar-refractivity contribution is 5.48. The fourth-order valence-corrected chi connectivity index (χ4v) is 3.52. The Morgan fingerprint density at radius 1 is 1.00 bits per heavy atom. The van der Waals surface area contributed by atoms with Crippen LogP contribution in [0.4, 0.5) is 10.1 Å². The lowest BCUT2D eigenvalue weighted by Crippen LogP contribution is -2.33. The number of nitrogens with zero attached hydrogens (tertiary/aromatic N) is 1. The van der Waals surface area contributed by atoms with E-state index in [1.54, 1.807) is 18.3 Å². The van der Waals surface area contributed by atoms with Crippen LogP contribution < -0.4 is 10.2 Å². The summed E-state index contributed by atoms with van der Waals surface area (Å²) in [5.41, 5.74) is 3.84. The van der Waals surface area contributed by atoms with Gasteiger partial charge in [-0.25, -0.2) is 4.39 Å². The molecule has 0 amide bonds. The molecule has 1 N–H and O–H groups in total. The molecule has 3 heteroatoms. The van der Waals surface area contributed by atoms with E-state index in [0.29, 0.717) is 0 Å². The fraction of sp³-hybridized carbons (Fsp3) is 0.364. The van der Waals surface area contributed by atoms with Gasteiger partial charge in [0.15, 0.2) is 0 Å². The Morgan fingerprint density at radius 3 is 2.28 bits per heavy atom. The van der Waals surface area contributed by atoms with Crippen LogP contribution in [0.1, 0.15) is 30.4 Å². The average molecular weight is 338 g/mol. The van der Waals surface area contributed by atoms with Crippen molar-refractivity contribution in [1.82, 2.24) is 5.32 Å². The van der Waals surface area contributed by atoms with Gasteiger partial charge in [0.2, 0.25) is 0 Å². The molecule has 0 aromatic heterocycles. The summed E-state index contributed by atoms with van der Waals surface area (Å²) in [6.07, 6.45) is 6.45. The zero-order valence-electron chi connectivity index (χ0n) is 14.8. The smallest absolute Gasteiger partial charge is 0.123 e. The summed E-state index contributed by atoms with van der Waals surface area (Å²) in [6, 6.07) is 15.8. The Balaban J connectivity index is 1.45. The van der Waals surface area contributed by atoms with Gasteiger partial charge in [-0.05, 0) is 73.2 Å². The summed E-state index contributed by atoms with van der Waals surface area (Å²) < 4.78 is 13.0. The first-order chi connectivity index (χ1) is 12.2. The second-order valence-electron chi connectivity index (χ2n) is 6.85. The minimum atomic E-state index is -0.150. The monoisotopic (exact) mass is 338 g/mol. The molecule has 0 bridgehead atoms. The predicted octanol–water partition coefficient (Wildman–Crippen LogP) is 4.91. The van der Waals surface area contributed by atoms with Crippen molar-refractivity contribution < 1.29 is 4.39 Å². The lowest BCUT2D eigenvalue weighted by Gasteiger charge is -2.33. The molecule has 0 saturated carbocycles. The zero-order valence-corrected chi connectivity index (χ0v) is 14.8. The van der Waals surface area contributed by atoms with Crippen LogP contribution in [0.5, 0.6) is 0 Å². The minimum Gasteiger partial charge on any atom is -0.387 e. The molecule has 132 valence electrons. The highest BCUT2D eigenvalue weighted by atomic mass is 19.1. The van der Waals surface area contributed by atoms with Gasteiger partial charge < -0.3 is 10.2 Å². The van der Waals surface area contributed by atoms with Gasteiger partial charge in [0, 0.05) is 25.3 Å². The highest BCUT2D eigenvalue weighted by Crippen LogP contribution is 2.26. The molecule has 1 heterocycles. The fourth-order valence-electron chi connectivity index (χ4n) is 3.52. The third kappa shape index (κ3) is 5.09. The maximum Gasteiger partial charge on any atom is 0.123 e. The molecule has 0 unspecified atom stereocenters. The van der Waals surface area contributed by atoms with E-state index in [1.807, 2.05) is 12.1 Å². The maximum absolute atomic E-state index is 13.0. The van der Waals surface area contributed by atoms with Crippen molar-refractivity contribution in [2.75, 3.05) is 18.0 Å². The van der Waals surface area contributed by atoms with Crippen molar-refractivity contribution in [1.29, 1.82) is 0 Å². The predicted molar refractivity (Wildman–Crippen MR) is 103 cm³/mol. The molecule has 0 spiro atoms. The molecule has 1 aliphatic rings. The Bertz CT molecular complexity index is 655. The first-order valence-corrected chi connectivity index (χ1v) is 9.17. The minimum absolute atomic E-state index is 0.150. The quantitative estimate of drug-likeness (QED) is 0.772. The molecule has 0 aliphatic carbocycles. The number of benzene rings is 2. The van der Waals surface area contributed by atoms with E-state index >= 15 is 0 Å². The van der Waals surface area contributed by atoms with Crippen molar-refractivity contribution in [3.8, 4) is 0 Å². The number of rotatable bonds is 7. The van der Waals surface area contributed by atoms with E-state index in [0.717, 1.165) is 32.0 Å². The molecule has 1 fully saturated rings. The molecule has 1 aliphatic heterocycles. The number of anilines is 1. The molecule has 2 aromatic carbocycles. The number of aryl methyl sites for hydroxylation is 1. The summed E-state index contributed by atoms with van der Waals surface area (Å²) in [5.74, 6) is 0.626. The van der Waals surface area contributed by atoms with E-state index in [2.05, 4.69) is 41.1 Å². The van der Waals surface area contributed by atoms with Gasteiger partial charge in [-0.2, -0.15) is 0 Å². The van der Waals surface area contributed by atoms with E-state index in [9.17, 15) is 4.39 Å². The average Bonchev–Trinajstić information content (AvgIpc) is 2.67. The molecule has 2 aromatic rings. The Hall–Kier alpha value is -2.29. The van der Waals surface area contributed by atoms with Crippen molar-refractivity contribution in [2.24, 2.45) is 5.92 Å². The standard InChI is InChI=1S/C22H27FN2/c1-2-24-17-20-7-11-22(12-8-20)25-15-13-19(14-16-25)4-3-18-5-9-21(23)10-6-18/h2,5-12,19,24H,1,3-4,13-17H2. The molecule has 3 rings (SSSR count). The topological polar surface area (TPSA) is 15.3 Å². The molecule has 0 atom stereocenters. The second-order valence-corrected chi connectivity index (χ2v) is 6.85. The third-order valence-electron chi connectivity index (χ3n) is 5.12. The summed E-state index contributed by atoms with van der Waals surface area (Å²) in [5, 5.41) is 3.13. The van der Waals surface area contributed by atoms with E-state index in [1.165, 1.54) is 36.1 Å². The second kappa shape index (κ2) is 8.70. The van der Waals surface area contributed by atoms with Crippen molar-refractivity contribution in [3.63, 3.8) is 0 Å². The lowest BCUT2D eigenvalue weighted by atomic mass is 9.90. The Morgan fingerprint density at radius 2 is 1.64 bits per heavy atom. The van der Waals surface area contributed by atoms with E-state index in [-0.39, 0.29) is 5.82 Å². The first-order valence-electron chi connectivity index (χ1n) is 9.17. The normalized spacial score (nSPS) is 15.2. The highest BCUT2D eigenvalue weighted by Gasteiger charge is 2.19. The number of hydrogen-bond donors (Lipinski definition) is 1. The zero-order chi connectivity index (χ0) is 17.5. The number of piperidine rings is 1. The van der Waals surface area contributed by atoms with Gasteiger partial charge in [0.1, 0.15) is 5.82 Å². The molecule has 0 radical (unpaired) electrons. The molecule has 25 heavy (non-hydrogen) atoms. The summed E-state index contributed by atoms with van der Waals surface area (Å²) >= 11 is 0. The summed E-state index contributed by atoms with van der Waals surface area (Å²) in [6.45, 7) is 6.75. The van der Waals surface area contributed by atoms with Gasteiger partial charge >= 0.3 is 0 Å². The summed E-state index contributed by atoms with van der Waals surface area (Å²) in [7, 11) is 0. The molecule has 1 saturated heterocycles. The largest absolute Gasteiger partial charge is 0.387 e. The van der Waals surface area contributed by atoms with E-state index in [4.69, 9.17) is 0 Å². The molecular weight excluding hydrogens is 311 g/mol. The number of hydrogen-bond acceptors (Lipinski definition) is 2. The SMILES string of the molecule is C=CNCc1ccc(N2CCC(CCc3ccc(F)cc3)CC2)cc1. The van der Waals surface area contributed by atoms with Gasteiger partial charge in [-0.3, -0.25) is 0 Å². The van der Waals surface area contributed by atoms with Crippen LogP contribution in [-0.2, 0) is 13.0 Å². The summed E-state index contributed by atoms with van der Waals surface area (Å²) in [4.78, 5) is 2.49. The van der Waals surface area contributed by atoms with Gasteiger partial charge in [-0.15, -0.1) is 0 Å². The van der Waals surface area contributed by atoms with E-state index < -0.39 is 0 Å². The van der Waals surface area contributed by atoms with Gasteiger partial charge in [0.25, 0.3) is 0 Å². The Labute approximate surface area is 150 Å². The van der Waals surface area contributed by atoms with Crippen molar-refractivity contribution in [3.05, 3.63) is 78.3 Å². The van der Waals surface area contributed by atoms with Crippen LogP contribution >= 0.6 is 0 Å². The van der Waals surface area contributed by atoms with Crippen LogP contribution in [0.2, 0.25) is 0 Å². The lowest BCUT2D eigenvalue weighted by molar-refractivity contribution is 0.382.